The minimum atomic E-state index is -4.41. The second-order valence-electron chi connectivity index (χ2n) is 8.76. The highest BCUT2D eigenvalue weighted by atomic mass is 35.5. The number of hydrogen-bond acceptors (Lipinski definition) is 4. The van der Waals surface area contributed by atoms with E-state index in [1.807, 2.05) is 0 Å². The highest BCUT2D eigenvalue weighted by Gasteiger charge is 2.44. The molecular formula is C24H23Cl2F3N4O3. The number of rotatable bonds is 5. The van der Waals surface area contributed by atoms with Gasteiger partial charge in [-0.15, -0.1) is 0 Å². The van der Waals surface area contributed by atoms with Crippen molar-refractivity contribution < 1.29 is 27.6 Å². The number of halogens is 5. The normalized spacial score (nSPS) is 16.9. The largest absolute Gasteiger partial charge is 0.416 e. The lowest BCUT2D eigenvalue weighted by atomic mass is 9.87. The minimum absolute atomic E-state index is 0.0652. The van der Waals surface area contributed by atoms with Crippen molar-refractivity contribution in [3.8, 4) is 0 Å². The maximum Gasteiger partial charge on any atom is 0.416 e. The van der Waals surface area contributed by atoms with Crippen LogP contribution in [0.1, 0.15) is 36.0 Å². The number of oxime groups is 1. The van der Waals surface area contributed by atoms with Crippen LogP contribution in [0, 0.1) is 0 Å². The molecule has 192 valence electrons. The molecule has 0 atom stereocenters. The van der Waals surface area contributed by atoms with Gasteiger partial charge in [-0.2, -0.15) is 13.2 Å². The van der Waals surface area contributed by atoms with E-state index in [0.717, 1.165) is 17.7 Å². The molecule has 0 aliphatic carbocycles. The van der Waals surface area contributed by atoms with Gasteiger partial charge in [0.2, 0.25) is 0 Å². The average molecular weight is 543 g/mol. The predicted octanol–water partition coefficient (Wildman–Crippen LogP) is 5.15. The maximum atomic E-state index is 12.7. The van der Waals surface area contributed by atoms with Crippen molar-refractivity contribution in [3.63, 3.8) is 0 Å². The monoisotopic (exact) mass is 542 g/mol. The summed E-state index contributed by atoms with van der Waals surface area (Å²) in [6.07, 6.45) is -3.10. The molecular weight excluding hydrogens is 520 g/mol. The number of nitrogens with zero attached hydrogens (tertiary/aromatic N) is 2. The number of alkyl halides is 3. The van der Waals surface area contributed by atoms with E-state index in [4.69, 9.17) is 28.0 Å². The van der Waals surface area contributed by atoms with Gasteiger partial charge >= 0.3 is 12.2 Å². The van der Waals surface area contributed by atoms with E-state index in [1.54, 1.807) is 23.1 Å². The molecule has 1 saturated heterocycles. The fourth-order valence-corrected chi connectivity index (χ4v) is 4.38. The van der Waals surface area contributed by atoms with Crippen LogP contribution in [0.25, 0.3) is 0 Å². The Bertz CT molecular complexity index is 1160. The summed E-state index contributed by atoms with van der Waals surface area (Å²) in [4.78, 5) is 32.4. The lowest BCUT2D eigenvalue weighted by molar-refractivity contribution is -0.137. The van der Waals surface area contributed by atoms with Crippen LogP contribution in [0.5, 0.6) is 0 Å². The van der Waals surface area contributed by atoms with Gasteiger partial charge in [-0.25, -0.2) is 4.79 Å². The number of carbonyl (C=O) groups is 2. The summed E-state index contributed by atoms with van der Waals surface area (Å²) in [6.45, 7) is 1.24. The van der Waals surface area contributed by atoms with Gasteiger partial charge in [-0.05, 0) is 35.4 Å². The Morgan fingerprint density at radius 2 is 1.61 bits per heavy atom. The van der Waals surface area contributed by atoms with Crippen molar-refractivity contribution in [2.45, 2.75) is 44.1 Å². The van der Waals surface area contributed by atoms with E-state index in [1.165, 1.54) is 12.1 Å². The fraction of sp³-hybridized carbons (Fsp3) is 0.375. The van der Waals surface area contributed by atoms with Gasteiger partial charge in [0.1, 0.15) is 11.3 Å². The quantitative estimate of drug-likeness (QED) is 0.548. The van der Waals surface area contributed by atoms with E-state index in [9.17, 15) is 22.8 Å². The molecule has 0 unspecified atom stereocenters. The molecule has 2 N–H and O–H groups in total. The molecule has 2 aromatic carbocycles. The number of carbonyl (C=O) groups excluding carboxylic acids is 2. The second-order valence-corrected chi connectivity index (χ2v) is 9.58. The first-order valence-electron chi connectivity index (χ1n) is 11.2. The van der Waals surface area contributed by atoms with Crippen LogP contribution in [0.3, 0.4) is 0 Å². The van der Waals surface area contributed by atoms with Gasteiger partial charge in [0.15, 0.2) is 0 Å². The van der Waals surface area contributed by atoms with Crippen molar-refractivity contribution >= 4 is 40.9 Å². The molecule has 7 nitrogen and oxygen atoms in total. The van der Waals surface area contributed by atoms with Crippen LogP contribution >= 0.6 is 23.2 Å². The number of amides is 3. The van der Waals surface area contributed by atoms with Crippen LogP contribution in [0.2, 0.25) is 10.0 Å². The number of likely N-dealkylation sites (tertiary alicyclic amines) is 1. The summed E-state index contributed by atoms with van der Waals surface area (Å²) >= 11 is 11.9. The number of benzene rings is 2. The molecule has 2 aromatic rings. The SMILES string of the molecule is O=C(NCc1ccc(C(F)(F)F)cc1)C1=NOC2(CCN(C(=O)NCc3ccc(Cl)c(Cl)c3)CC2)C1. The highest BCUT2D eigenvalue weighted by Crippen LogP contribution is 2.35. The Hall–Kier alpha value is -2.98. The van der Waals surface area contributed by atoms with Gasteiger partial charge < -0.3 is 20.4 Å². The molecule has 2 aliphatic heterocycles. The molecule has 1 fully saturated rings. The Kier molecular flexibility index (Phi) is 7.65. The van der Waals surface area contributed by atoms with Crippen molar-refractivity contribution in [1.82, 2.24) is 15.5 Å². The average Bonchev–Trinajstić information content (AvgIpc) is 3.26. The predicted molar refractivity (Wildman–Crippen MR) is 129 cm³/mol. The molecule has 0 radical (unpaired) electrons. The van der Waals surface area contributed by atoms with Crippen LogP contribution in [-0.4, -0.2) is 41.2 Å². The van der Waals surface area contributed by atoms with E-state index < -0.39 is 23.2 Å². The van der Waals surface area contributed by atoms with E-state index >= 15 is 0 Å². The Morgan fingerprint density at radius 3 is 2.25 bits per heavy atom. The smallest absolute Gasteiger partial charge is 0.388 e. The van der Waals surface area contributed by atoms with Crippen LogP contribution in [-0.2, 0) is 28.9 Å². The zero-order chi connectivity index (χ0) is 25.9. The number of piperidine rings is 1. The van der Waals surface area contributed by atoms with Crippen LogP contribution in [0.15, 0.2) is 47.6 Å². The van der Waals surface area contributed by atoms with E-state index in [-0.39, 0.29) is 18.3 Å². The maximum absolute atomic E-state index is 12.7. The summed E-state index contributed by atoms with van der Waals surface area (Å²) in [5.74, 6) is -0.437. The first-order chi connectivity index (χ1) is 17.0. The Balaban J connectivity index is 1.21. The lowest BCUT2D eigenvalue weighted by Crippen LogP contribution is -2.50. The third-order valence-corrected chi connectivity index (χ3v) is 6.96. The molecule has 0 bridgehead atoms. The number of nitrogens with one attached hydrogen (secondary N) is 2. The molecule has 3 amide bonds. The fourth-order valence-electron chi connectivity index (χ4n) is 4.06. The number of hydrogen-bond donors (Lipinski definition) is 2. The third kappa shape index (κ3) is 6.22. The van der Waals surface area contributed by atoms with Crippen LogP contribution in [0.4, 0.5) is 18.0 Å². The van der Waals surface area contributed by atoms with E-state index in [0.29, 0.717) is 54.5 Å². The zero-order valence-corrected chi connectivity index (χ0v) is 20.5. The molecule has 1 spiro atoms. The Morgan fingerprint density at radius 1 is 0.972 bits per heavy atom. The molecule has 0 aromatic heterocycles. The molecule has 2 aliphatic rings. The molecule has 4 rings (SSSR count). The first kappa shape index (κ1) is 26.1. The van der Waals surface area contributed by atoms with Crippen molar-refractivity contribution in [1.29, 1.82) is 0 Å². The topological polar surface area (TPSA) is 83.0 Å². The Labute approximate surface area is 215 Å². The molecule has 12 heteroatoms. The second kappa shape index (κ2) is 10.6. The highest BCUT2D eigenvalue weighted by molar-refractivity contribution is 6.42. The third-order valence-electron chi connectivity index (χ3n) is 6.23. The van der Waals surface area contributed by atoms with Gasteiger partial charge in [-0.1, -0.05) is 46.6 Å². The summed E-state index contributed by atoms with van der Waals surface area (Å²) in [5.41, 5.74) is 0.181. The van der Waals surface area contributed by atoms with Gasteiger partial charge in [0, 0.05) is 45.4 Å². The lowest BCUT2D eigenvalue weighted by Gasteiger charge is -2.37. The summed E-state index contributed by atoms with van der Waals surface area (Å²) in [7, 11) is 0. The molecule has 36 heavy (non-hydrogen) atoms. The summed E-state index contributed by atoms with van der Waals surface area (Å²) < 4.78 is 38.0. The van der Waals surface area contributed by atoms with Gasteiger partial charge in [0.05, 0.1) is 15.6 Å². The molecule has 2 heterocycles. The number of urea groups is 1. The first-order valence-corrected chi connectivity index (χ1v) is 12.0. The van der Waals surface area contributed by atoms with Gasteiger partial charge in [-0.3, -0.25) is 4.79 Å². The molecule has 0 saturated carbocycles. The standard InChI is InChI=1S/C24H23Cl2F3N4O3/c25-18-6-3-16(11-19(18)26)14-31-22(35)33-9-7-23(8-10-33)12-20(32-36-23)21(34)30-13-15-1-4-17(5-2-15)24(27,28)29/h1-6,11H,7-10,12-14H2,(H,30,34)(H,31,35). The van der Waals surface area contributed by atoms with Crippen molar-refractivity contribution in [2.24, 2.45) is 5.16 Å². The van der Waals surface area contributed by atoms with Crippen molar-refractivity contribution in [3.05, 3.63) is 69.2 Å². The van der Waals surface area contributed by atoms with Crippen molar-refractivity contribution in [2.75, 3.05) is 13.1 Å². The minimum Gasteiger partial charge on any atom is -0.388 e. The van der Waals surface area contributed by atoms with E-state index in [2.05, 4.69) is 15.8 Å². The zero-order valence-electron chi connectivity index (χ0n) is 19.0. The van der Waals surface area contributed by atoms with Crippen LogP contribution < -0.4 is 10.6 Å². The summed E-state index contributed by atoms with van der Waals surface area (Å²) in [5, 5.41) is 10.3. The summed E-state index contributed by atoms with van der Waals surface area (Å²) in [6, 6.07) is 9.52. The van der Waals surface area contributed by atoms with Gasteiger partial charge in [0.25, 0.3) is 5.91 Å².